The molecule has 1 N–H and O–H groups in total. The van der Waals surface area contributed by atoms with Crippen LogP contribution in [0.15, 0.2) is 12.1 Å². The Morgan fingerprint density at radius 3 is 2.17 bits per heavy atom. The minimum atomic E-state index is 0.345. The molecule has 0 aliphatic heterocycles. The van der Waals surface area contributed by atoms with Crippen molar-refractivity contribution in [3.63, 3.8) is 0 Å². The summed E-state index contributed by atoms with van der Waals surface area (Å²) in [6.45, 7) is 6.92. The van der Waals surface area contributed by atoms with E-state index in [1.165, 1.54) is 47.9 Å². The van der Waals surface area contributed by atoms with Crippen molar-refractivity contribution >= 4 is 0 Å². The van der Waals surface area contributed by atoms with Gasteiger partial charge in [-0.1, -0.05) is 43.4 Å². The number of aliphatic hydroxyl groups excluding tert-OH is 1. The van der Waals surface area contributed by atoms with E-state index in [2.05, 4.69) is 32.9 Å². The highest BCUT2D eigenvalue weighted by Gasteiger charge is 2.25. The van der Waals surface area contributed by atoms with Crippen LogP contribution >= 0.6 is 0 Å². The van der Waals surface area contributed by atoms with E-state index in [0.29, 0.717) is 12.5 Å². The van der Waals surface area contributed by atoms with Crippen LogP contribution in [0.4, 0.5) is 0 Å². The van der Waals surface area contributed by atoms with Gasteiger partial charge in [-0.05, 0) is 55.7 Å². The van der Waals surface area contributed by atoms with Gasteiger partial charge in [-0.3, -0.25) is 0 Å². The first-order valence-electron chi connectivity index (χ1n) is 7.29. The predicted molar refractivity (Wildman–Crippen MR) is 76.9 cm³/mol. The summed E-state index contributed by atoms with van der Waals surface area (Å²) < 4.78 is 0. The Bertz CT molecular complexity index is 379. The zero-order valence-corrected chi connectivity index (χ0v) is 12.0. The van der Waals surface area contributed by atoms with E-state index in [1.807, 2.05) is 0 Å². The monoisotopic (exact) mass is 246 g/mol. The van der Waals surface area contributed by atoms with Crippen LogP contribution in [0.1, 0.15) is 47.9 Å². The van der Waals surface area contributed by atoms with Gasteiger partial charge in [0.25, 0.3) is 0 Å². The van der Waals surface area contributed by atoms with Gasteiger partial charge in [0.1, 0.15) is 0 Å². The molecule has 1 aliphatic carbocycles. The molecular formula is C17H26O. The average molecular weight is 246 g/mol. The maximum Gasteiger partial charge on any atom is 0.0465 e. The van der Waals surface area contributed by atoms with E-state index in [1.54, 1.807) is 0 Å². The minimum absolute atomic E-state index is 0.345. The molecular weight excluding hydrogens is 220 g/mol. The molecule has 1 aromatic carbocycles. The minimum Gasteiger partial charge on any atom is -0.396 e. The molecule has 0 saturated heterocycles. The van der Waals surface area contributed by atoms with Crippen molar-refractivity contribution in [2.45, 2.75) is 52.9 Å². The number of hydrogen-bond acceptors (Lipinski definition) is 1. The smallest absolute Gasteiger partial charge is 0.0465 e. The SMILES string of the molecule is Cc1cc(C)c(CC(CO)C2CCCC2)c(C)c1. The highest BCUT2D eigenvalue weighted by atomic mass is 16.3. The fourth-order valence-corrected chi connectivity index (χ4v) is 3.60. The summed E-state index contributed by atoms with van der Waals surface area (Å²) in [4.78, 5) is 0. The predicted octanol–water partition coefficient (Wildman–Crippen LogP) is 3.95. The number of benzene rings is 1. The molecule has 18 heavy (non-hydrogen) atoms. The van der Waals surface area contributed by atoms with Crippen LogP contribution in [0.3, 0.4) is 0 Å². The van der Waals surface area contributed by atoms with Gasteiger partial charge in [-0.25, -0.2) is 0 Å². The molecule has 1 heteroatoms. The van der Waals surface area contributed by atoms with Gasteiger partial charge in [0.05, 0.1) is 0 Å². The summed E-state index contributed by atoms with van der Waals surface area (Å²) in [5.41, 5.74) is 5.59. The number of rotatable bonds is 4. The molecule has 0 spiro atoms. The molecule has 1 saturated carbocycles. The van der Waals surface area contributed by atoms with Crippen LogP contribution in [-0.2, 0) is 6.42 Å². The summed E-state index contributed by atoms with van der Waals surface area (Å²) in [6, 6.07) is 4.54. The van der Waals surface area contributed by atoms with Gasteiger partial charge in [-0.15, -0.1) is 0 Å². The largest absolute Gasteiger partial charge is 0.396 e. The van der Waals surface area contributed by atoms with Crippen molar-refractivity contribution in [2.75, 3.05) is 6.61 Å². The fourth-order valence-electron chi connectivity index (χ4n) is 3.60. The lowest BCUT2D eigenvalue weighted by Gasteiger charge is -2.23. The van der Waals surface area contributed by atoms with Crippen LogP contribution < -0.4 is 0 Å². The summed E-state index contributed by atoms with van der Waals surface area (Å²) in [5, 5.41) is 9.68. The molecule has 0 aromatic heterocycles. The van der Waals surface area contributed by atoms with E-state index < -0.39 is 0 Å². The molecule has 1 aromatic rings. The molecule has 0 heterocycles. The maximum absolute atomic E-state index is 9.68. The highest BCUT2D eigenvalue weighted by molar-refractivity contribution is 5.37. The van der Waals surface area contributed by atoms with Crippen LogP contribution in [0.25, 0.3) is 0 Å². The van der Waals surface area contributed by atoms with Gasteiger partial charge >= 0.3 is 0 Å². The molecule has 2 rings (SSSR count). The Kier molecular flexibility index (Phi) is 4.45. The van der Waals surface area contributed by atoms with Gasteiger partial charge < -0.3 is 5.11 Å². The first-order chi connectivity index (χ1) is 8.61. The molecule has 100 valence electrons. The Balaban J connectivity index is 2.16. The lowest BCUT2D eigenvalue weighted by Crippen LogP contribution is -2.19. The zero-order chi connectivity index (χ0) is 13.1. The Labute approximate surface area is 111 Å². The zero-order valence-electron chi connectivity index (χ0n) is 12.0. The molecule has 0 amide bonds. The molecule has 0 bridgehead atoms. The molecule has 1 unspecified atom stereocenters. The summed E-state index contributed by atoms with van der Waals surface area (Å²) >= 11 is 0. The maximum atomic E-state index is 9.68. The number of aliphatic hydroxyl groups is 1. The lowest BCUT2D eigenvalue weighted by molar-refractivity contribution is 0.175. The molecule has 0 radical (unpaired) electrons. The third-order valence-electron chi connectivity index (χ3n) is 4.61. The highest BCUT2D eigenvalue weighted by Crippen LogP contribution is 2.34. The van der Waals surface area contributed by atoms with Crippen molar-refractivity contribution in [3.8, 4) is 0 Å². The molecule has 1 atom stereocenters. The average Bonchev–Trinajstić information content (AvgIpc) is 2.81. The summed E-state index contributed by atoms with van der Waals surface area (Å²) in [5.74, 6) is 1.21. The van der Waals surface area contributed by atoms with Crippen molar-refractivity contribution in [1.82, 2.24) is 0 Å². The Hall–Kier alpha value is -0.820. The van der Waals surface area contributed by atoms with Crippen LogP contribution in [0.2, 0.25) is 0 Å². The van der Waals surface area contributed by atoms with E-state index >= 15 is 0 Å². The summed E-state index contributed by atoms with van der Waals surface area (Å²) in [6.07, 6.45) is 6.39. The van der Waals surface area contributed by atoms with Gasteiger partial charge in [0.2, 0.25) is 0 Å². The number of hydrogen-bond donors (Lipinski definition) is 1. The van der Waals surface area contributed by atoms with Gasteiger partial charge in [0.15, 0.2) is 0 Å². The van der Waals surface area contributed by atoms with Crippen LogP contribution in [-0.4, -0.2) is 11.7 Å². The summed E-state index contributed by atoms with van der Waals surface area (Å²) in [7, 11) is 0. The molecule has 1 nitrogen and oxygen atoms in total. The third-order valence-corrected chi connectivity index (χ3v) is 4.61. The number of aryl methyl sites for hydroxylation is 3. The first kappa shape index (κ1) is 13.6. The van der Waals surface area contributed by atoms with Crippen molar-refractivity contribution in [3.05, 3.63) is 34.4 Å². The topological polar surface area (TPSA) is 20.2 Å². The van der Waals surface area contributed by atoms with Crippen molar-refractivity contribution in [1.29, 1.82) is 0 Å². The lowest BCUT2D eigenvalue weighted by atomic mass is 9.83. The fraction of sp³-hybridized carbons (Fsp3) is 0.647. The first-order valence-corrected chi connectivity index (χ1v) is 7.29. The second-order valence-electron chi connectivity index (χ2n) is 6.07. The van der Waals surface area contributed by atoms with E-state index in [-0.39, 0.29) is 0 Å². The molecule has 1 aliphatic rings. The normalized spacial score (nSPS) is 18.2. The van der Waals surface area contributed by atoms with E-state index in [9.17, 15) is 5.11 Å². The van der Waals surface area contributed by atoms with E-state index in [4.69, 9.17) is 0 Å². The Morgan fingerprint density at radius 1 is 1.11 bits per heavy atom. The second kappa shape index (κ2) is 5.88. The Morgan fingerprint density at radius 2 is 1.67 bits per heavy atom. The van der Waals surface area contributed by atoms with Crippen LogP contribution in [0, 0.1) is 32.6 Å². The quantitative estimate of drug-likeness (QED) is 0.852. The van der Waals surface area contributed by atoms with Crippen molar-refractivity contribution < 1.29 is 5.11 Å². The van der Waals surface area contributed by atoms with Gasteiger partial charge in [0, 0.05) is 6.61 Å². The van der Waals surface area contributed by atoms with E-state index in [0.717, 1.165) is 12.3 Å². The van der Waals surface area contributed by atoms with Gasteiger partial charge in [-0.2, -0.15) is 0 Å². The molecule has 1 fully saturated rings. The second-order valence-corrected chi connectivity index (χ2v) is 6.07. The standard InChI is InChI=1S/C17H26O/c1-12-8-13(2)17(14(3)9-12)10-16(11-18)15-6-4-5-7-15/h8-9,15-16,18H,4-7,10-11H2,1-3H3. The van der Waals surface area contributed by atoms with Crippen molar-refractivity contribution in [2.24, 2.45) is 11.8 Å². The van der Waals surface area contributed by atoms with Crippen LogP contribution in [0.5, 0.6) is 0 Å². The third kappa shape index (κ3) is 2.95.